The molecule has 4 N–H and O–H groups in total. The van der Waals surface area contributed by atoms with Crippen molar-refractivity contribution in [1.82, 2.24) is 15.4 Å². The predicted octanol–water partition coefficient (Wildman–Crippen LogP) is 4.70. The molecule has 0 spiro atoms. The summed E-state index contributed by atoms with van der Waals surface area (Å²) in [5.41, 5.74) is 4.97. The molecule has 1 aliphatic heterocycles. The van der Waals surface area contributed by atoms with Gasteiger partial charge >= 0.3 is 0 Å². The van der Waals surface area contributed by atoms with Gasteiger partial charge in [0, 0.05) is 48.7 Å². The molecule has 1 aliphatic rings. The SMILES string of the molecule is O=C(CCCCCC(=O)Nc1ccc([C@H]2O[C@@H](CSc3ncccn3)C[C@@H](c3ccc(CO)cc3)O2)cc1)NO. The van der Waals surface area contributed by atoms with E-state index < -0.39 is 12.2 Å². The Balaban J connectivity index is 1.36. The number of rotatable bonds is 13. The topological polar surface area (TPSA) is 143 Å². The van der Waals surface area contributed by atoms with Crippen LogP contribution >= 0.6 is 11.8 Å². The van der Waals surface area contributed by atoms with Gasteiger partial charge in [0.15, 0.2) is 11.4 Å². The molecule has 3 atom stereocenters. The maximum absolute atomic E-state index is 12.3. The number of carbonyl (C=O) groups excluding carboxylic acids is 2. The number of carbonyl (C=O) groups is 2. The highest BCUT2D eigenvalue weighted by Gasteiger charge is 2.32. The monoisotopic (exact) mass is 566 g/mol. The van der Waals surface area contributed by atoms with E-state index in [4.69, 9.17) is 14.7 Å². The largest absolute Gasteiger partial charge is 0.392 e. The number of nitrogens with zero attached hydrogens (tertiary/aromatic N) is 2. The van der Waals surface area contributed by atoms with Crippen LogP contribution in [0.2, 0.25) is 0 Å². The standard InChI is InChI=1S/C29H34N4O6S/c34-18-20-7-9-21(10-8-20)25-17-24(19-40-29-30-15-4-16-31-29)38-28(39-25)22-11-13-23(14-12-22)32-26(35)5-2-1-3-6-27(36)33-37/h4,7-16,24-25,28,34,37H,1-3,5-6,17-19H2,(H,32,35)(H,33,36)/t24-,25+,28+/m1/s1. The summed E-state index contributed by atoms with van der Waals surface area (Å²) in [7, 11) is 0. The smallest absolute Gasteiger partial charge is 0.243 e. The van der Waals surface area contributed by atoms with E-state index in [1.807, 2.05) is 48.5 Å². The molecule has 2 heterocycles. The molecule has 11 heteroatoms. The number of ether oxygens (including phenoxy) is 2. The molecule has 2 amide bonds. The zero-order valence-electron chi connectivity index (χ0n) is 22.1. The van der Waals surface area contributed by atoms with Crippen LogP contribution in [0, 0.1) is 0 Å². The maximum Gasteiger partial charge on any atom is 0.243 e. The maximum atomic E-state index is 12.3. The minimum absolute atomic E-state index is 0.0138. The average Bonchev–Trinajstić information content (AvgIpc) is 3.00. The Bertz CT molecular complexity index is 1210. The van der Waals surface area contributed by atoms with Crippen molar-refractivity contribution < 1.29 is 29.4 Å². The van der Waals surface area contributed by atoms with Gasteiger partial charge in [-0.2, -0.15) is 0 Å². The number of thioether (sulfide) groups is 1. The molecule has 0 bridgehead atoms. The van der Waals surface area contributed by atoms with Crippen LogP contribution in [0.3, 0.4) is 0 Å². The fourth-order valence-electron chi connectivity index (χ4n) is 4.30. The van der Waals surface area contributed by atoms with Crippen molar-refractivity contribution in [2.45, 2.75) is 68.8 Å². The van der Waals surface area contributed by atoms with E-state index in [0.717, 1.165) is 23.1 Å². The van der Waals surface area contributed by atoms with Gasteiger partial charge in [0.25, 0.3) is 0 Å². The van der Waals surface area contributed by atoms with Crippen LogP contribution in [-0.2, 0) is 25.7 Å². The van der Waals surface area contributed by atoms with Crippen molar-refractivity contribution in [2.75, 3.05) is 11.1 Å². The fourth-order valence-corrected chi connectivity index (χ4v) is 5.12. The third kappa shape index (κ3) is 9.10. The molecule has 0 aliphatic carbocycles. The van der Waals surface area contributed by atoms with Gasteiger partial charge in [-0.05, 0) is 42.2 Å². The van der Waals surface area contributed by atoms with Gasteiger partial charge in [-0.15, -0.1) is 0 Å². The summed E-state index contributed by atoms with van der Waals surface area (Å²) in [6.45, 7) is -0.0138. The molecular weight excluding hydrogens is 532 g/mol. The van der Waals surface area contributed by atoms with E-state index in [0.29, 0.717) is 42.3 Å². The first kappa shape index (κ1) is 29.6. The number of benzene rings is 2. The number of aliphatic hydroxyl groups is 1. The summed E-state index contributed by atoms with van der Waals surface area (Å²) in [6.07, 6.45) is 5.75. The van der Waals surface area contributed by atoms with E-state index in [9.17, 15) is 14.7 Å². The quantitative estimate of drug-likeness (QED) is 0.0761. The summed E-state index contributed by atoms with van der Waals surface area (Å²) >= 11 is 1.53. The van der Waals surface area contributed by atoms with Crippen LogP contribution < -0.4 is 10.8 Å². The Morgan fingerprint density at radius 3 is 2.25 bits per heavy atom. The van der Waals surface area contributed by atoms with Crippen molar-refractivity contribution in [2.24, 2.45) is 0 Å². The number of hydrogen-bond donors (Lipinski definition) is 4. The van der Waals surface area contributed by atoms with Crippen LogP contribution in [0.1, 0.15) is 67.6 Å². The molecular formula is C29H34N4O6S. The van der Waals surface area contributed by atoms with Crippen LogP contribution in [0.25, 0.3) is 0 Å². The number of hydrogen-bond acceptors (Lipinski definition) is 9. The number of hydroxylamine groups is 1. The highest BCUT2D eigenvalue weighted by atomic mass is 32.2. The Morgan fingerprint density at radius 2 is 1.57 bits per heavy atom. The lowest BCUT2D eigenvalue weighted by Crippen LogP contribution is -2.31. The molecule has 10 nitrogen and oxygen atoms in total. The number of unbranched alkanes of at least 4 members (excludes halogenated alkanes) is 2. The summed E-state index contributed by atoms with van der Waals surface area (Å²) in [4.78, 5) is 31.9. The molecule has 0 saturated carbocycles. The zero-order valence-corrected chi connectivity index (χ0v) is 22.9. The van der Waals surface area contributed by atoms with Gasteiger partial charge in [0.1, 0.15) is 0 Å². The van der Waals surface area contributed by atoms with Crippen molar-refractivity contribution in [3.8, 4) is 0 Å². The van der Waals surface area contributed by atoms with E-state index in [1.165, 1.54) is 11.8 Å². The van der Waals surface area contributed by atoms with E-state index >= 15 is 0 Å². The molecule has 1 fully saturated rings. The second-order valence-corrected chi connectivity index (χ2v) is 10.4. The lowest BCUT2D eigenvalue weighted by Gasteiger charge is -2.36. The third-order valence-electron chi connectivity index (χ3n) is 6.45. The first-order valence-electron chi connectivity index (χ1n) is 13.3. The Labute approximate surface area is 237 Å². The average molecular weight is 567 g/mol. The highest BCUT2D eigenvalue weighted by Crippen LogP contribution is 2.39. The van der Waals surface area contributed by atoms with E-state index in [-0.39, 0.29) is 31.1 Å². The zero-order chi connectivity index (χ0) is 28.2. The third-order valence-corrected chi connectivity index (χ3v) is 7.46. The van der Waals surface area contributed by atoms with Crippen molar-refractivity contribution in [1.29, 1.82) is 0 Å². The highest BCUT2D eigenvalue weighted by molar-refractivity contribution is 7.99. The molecule has 40 heavy (non-hydrogen) atoms. The van der Waals surface area contributed by atoms with Crippen LogP contribution in [-0.4, -0.2) is 44.0 Å². The van der Waals surface area contributed by atoms with Gasteiger partial charge in [0.05, 0.1) is 18.8 Å². The minimum Gasteiger partial charge on any atom is -0.392 e. The normalized spacial score (nSPS) is 18.7. The molecule has 3 aromatic rings. The van der Waals surface area contributed by atoms with Crippen molar-refractivity contribution in [3.05, 3.63) is 83.7 Å². The molecule has 2 aromatic carbocycles. The van der Waals surface area contributed by atoms with Gasteiger partial charge in [-0.3, -0.25) is 14.8 Å². The predicted molar refractivity (Wildman–Crippen MR) is 149 cm³/mol. The number of aliphatic hydroxyl groups excluding tert-OH is 1. The van der Waals surface area contributed by atoms with Crippen molar-refractivity contribution >= 4 is 29.3 Å². The van der Waals surface area contributed by atoms with E-state index in [1.54, 1.807) is 23.9 Å². The Kier molecular flexibility index (Phi) is 11.4. The first-order chi connectivity index (χ1) is 19.5. The summed E-state index contributed by atoms with van der Waals surface area (Å²) in [5.74, 6) is 0.140. The second-order valence-electron chi connectivity index (χ2n) is 9.46. The molecule has 212 valence electrons. The van der Waals surface area contributed by atoms with Crippen LogP contribution in [0.5, 0.6) is 0 Å². The molecule has 1 aromatic heterocycles. The first-order valence-corrected chi connectivity index (χ1v) is 14.3. The van der Waals surface area contributed by atoms with Gasteiger partial charge in [-0.1, -0.05) is 54.6 Å². The lowest BCUT2D eigenvalue weighted by molar-refractivity contribution is -0.245. The minimum atomic E-state index is -0.598. The Morgan fingerprint density at radius 1 is 0.900 bits per heavy atom. The lowest BCUT2D eigenvalue weighted by atomic mass is 10.0. The van der Waals surface area contributed by atoms with Gasteiger partial charge < -0.3 is 19.9 Å². The molecule has 1 saturated heterocycles. The summed E-state index contributed by atoms with van der Waals surface area (Å²) in [5, 5.41) is 21.5. The fraction of sp³-hybridized carbons (Fsp3) is 0.379. The number of anilines is 1. The summed E-state index contributed by atoms with van der Waals surface area (Å²) in [6, 6.07) is 16.9. The number of amides is 2. The number of aromatic nitrogens is 2. The second kappa shape index (κ2) is 15.4. The molecule has 0 radical (unpaired) electrons. The molecule has 0 unspecified atom stereocenters. The van der Waals surface area contributed by atoms with Gasteiger partial charge in [0.2, 0.25) is 11.8 Å². The summed E-state index contributed by atoms with van der Waals surface area (Å²) < 4.78 is 12.7. The van der Waals surface area contributed by atoms with Crippen molar-refractivity contribution in [3.63, 3.8) is 0 Å². The van der Waals surface area contributed by atoms with Crippen LogP contribution in [0.4, 0.5) is 5.69 Å². The van der Waals surface area contributed by atoms with Crippen LogP contribution in [0.15, 0.2) is 72.1 Å². The van der Waals surface area contributed by atoms with Gasteiger partial charge in [-0.25, -0.2) is 15.4 Å². The Hall–Kier alpha value is -3.35. The molecule has 4 rings (SSSR count). The van der Waals surface area contributed by atoms with E-state index in [2.05, 4.69) is 15.3 Å². The number of nitrogens with one attached hydrogen (secondary N) is 2.